The molecule has 3 nitrogen and oxygen atoms in total. The number of halogens is 1. The minimum absolute atomic E-state index is 0. The first-order valence-electron chi connectivity index (χ1n) is 14.8. The van der Waals surface area contributed by atoms with E-state index in [1.165, 1.54) is 28.4 Å². The van der Waals surface area contributed by atoms with Gasteiger partial charge in [0, 0.05) is 49.9 Å². The quantitative estimate of drug-likeness (QED) is 0.129. The molecule has 0 spiro atoms. The van der Waals surface area contributed by atoms with Crippen LogP contribution in [0.15, 0.2) is 126 Å². The first-order valence-corrected chi connectivity index (χ1v) is 18.3. The number of nitrogens with zero attached hydrogens (tertiary/aromatic N) is 2. The van der Waals surface area contributed by atoms with Gasteiger partial charge >= 0.3 is 0 Å². The summed E-state index contributed by atoms with van der Waals surface area (Å²) in [6.45, 7) is 9.11. The van der Waals surface area contributed by atoms with Crippen molar-refractivity contribution in [1.82, 2.24) is 9.97 Å². The van der Waals surface area contributed by atoms with Gasteiger partial charge in [0.1, 0.15) is 11.4 Å². The number of hydrogen-bond donors (Lipinski definition) is 0. The van der Waals surface area contributed by atoms with Gasteiger partial charge in [-0.3, -0.25) is 0 Å². The normalized spacial score (nSPS) is 11.8. The number of aromatic nitrogens is 2. The van der Waals surface area contributed by atoms with Crippen molar-refractivity contribution in [2.45, 2.75) is 32.5 Å². The molecular formula is C39H33FIrN2OSi-2. The molecule has 0 saturated heterocycles. The van der Waals surface area contributed by atoms with Crippen LogP contribution in [0.25, 0.3) is 44.5 Å². The number of rotatable bonds is 5. The van der Waals surface area contributed by atoms with Crippen LogP contribution in [-0.2, 0) is 20.1 Å². The van der Waals surface area contributed by atoms with Gasteiger partial charge in [-0.05, 0) is 45.9 Å². The van der Waals surface area contributed by atoms with E-state index in [1.807, 2.05) is 60.9 Å². The third-order valence-corrected chi connectivity index (χ3v) is 9.88. The summed E-state index contributed by atoms with van der Waals surface area (Å²) in [4.78, 5) is 9.08. The second kappa shape index (κ2) is 13.8. The van der Waals surface area contributed by atoms with E-state index in [2.05, 4.69) is 91.1 Å². The molecule has 7 rings (SSSR count). The van der Waals surface area contributed by atoms with E-state index < -0.39 is 8.07 Å². The SMILES string of the molecule is CC(c1ccccc1)c1ccnc(-c2[c-]cccc2)c1.C[Si](C)(C)c1ccc(-c2[c-]ccc3c2oc2cc(F)ccc23)nc1.[Ir]. The predicted molar refractivity (Wildman–Crippen MR) is 181 cm³/mol. The molecule has 1 atom stereocenters. The molecule has 1 radical (unpaired) electrons. The molecule has 0 N–H and O–H groups in total. The Morgan fingerprint density at radius 3 is 2.24 bits per heavy atom. The average molecular weight is 785 g/mol. The van der Waals surface area contributed by atoms with Crippen LogP contribution in [-0.4, -0.2) is 18.0 Å². The van der Waals surface area contributed by atoms with Crippen LogP contribution in [0.4, 0.5) is 4.39 Å². The van der Waals surface area contributed by atoms with Crippen LogP contribution in [0, 0.1) is 17.9 Å². The molecule has 0 aliphatic carbocycles. The van der Waals surface area contributed by atoms with Gasteiger partial charge in [-0.15, -0.1) is 54.1 Å². The van der Waals surface area contributed by atoms with Gasteiger partial charge in [0.2, 0.25) is 0 Å². The Hall–Kier alpha value is -4.22. The molecule has 227 valence electrons. The number of furan rings is 1. The van der Waals surface area contributed by atoms with Gasteiger partial charge in [-0.2, -0.15) is 0 Å². The molecule has 1 unspecified atom stereocenters. The first-order chi connectivity index (χ1) is 21.3. The Balaban J connectivity index is 0.000000177. The molecule has 0 fully saturated rings. The minimum Gasteiger partial charge on any atom is -0.500 e. The molecule has 3 aromatic heterocycles. The fraction of sp³-hybridized carbons (Fsp3) is 0.128. The minimum atomic E-state index is -1.38. The second-order valence-corrected chi connectivity index (χ2v) is 17.0. The van der Waals surface area contributed by atoms with Crippen molar-refractivity contribution < 1.29 is 28.9 Å². The van der Waals surface area contributed by atoms with E-state index in [-0.39, 0.29) is 25.9 Å². The smallest absolute Gasteiger partial charge is 0.126 e. The monoisotopic (exact) mass is 785 g/mol. The molecule has 0 amide bonds. The Bertz CT molecular complexity index is 2020. The van der Waals surface area contributed by atoms with Gasteiger partial charge in [0.15, 0.2) is 0 Å². The molecule has 45 heavy (non-hydrogen) atoms. The van der Waals surface area contributed by atoms with Crippen LogP contribution in [0.5, 0.6) is 0 Å². The predicted octanol–water partition coefficient (Wildman–Crippen LogP) is 9.83. The molecule has 0 saturated carbocycles. The summed E-state index contributed by atoms with van der Waals surface area (Å²) < 4.78 is 19.4. The third kappa shape index (κ3) is 7.20. The van der Waals surface area contributed by atoms with Gasteiger partial charge < -0.3 is 14.4 Å². The maximum absolute atomic E-state index is 13.5. The largest absolute Gasteiger partial charge is 0.500 e. The van der Waals surface area contributed by atoms with E-state index in [4.69, 9.17) is 4.42 Å². The third-order valence-electron chi connectivity index (χ3n) is 7.85. The van der Waals surface area contributed by atoms with Crippen LogP contribution >= 0.6 is 0 Å². The Labute approximate surface area is 278 Å². The zero-order valence-electron chi connectivity index (χ0n) is 25.6. The van der Waals surface area contributed by atoms with E-state index in [0.29, 0.717) is 17.1 Å². The van der Waals surface area contributed by atoms with E-state index in [9.17, 15) is 4.39 Å². The fourth-order valence-corrected chi connectivity index (χ4v) is 6.28. The van der Waals surface area contributed by atoms with Crippen molar-refractivity contribution in [3.05, 3.63) is 151 Å². The summed E-state index contributed by atoms with van der Waals surface area (Å²) >= 11 is 0. The zero-order chi connectivity index (χ0) is 30.7. The summed E-state index contributed by atoms with van der Waals surface area (Å²) in [5, 5.41) is 3.17. The molecule has 0 aliphatic rings. The van der Waals surface area contributed by atoms with Crippen molar-refractivity contribution >= 4 is 35.2 Å². The van der Waals surface area contributed by atoms with Gasteiger partial charge in [-0.1, -0.05) is 86.0 Å². The number of fused-ring (bicyclic) bond motifs is 3. The van der Waals surface area contributed by atoms with Crippen molar-refractivity contribution in [3.63, 3.8) is 0 Å². The van der Waals surface area contributed by atoms with Crippen LogP contribution in [0.2, 0.25) is 19.6 Å². The van der Waals surface area contributed by atoms with Crippen LogP contribution < -0.4 is 5.19 Å². The van der Waals surface area contributed by atoms with Crippen molar-refractivity contribution in [3.8, 4) is 22.5 Å². The van der Waals surface area contributed by atoms with Crippen molar-refractivity contribution in [2.75, 3.05) is 0 Å². The number of hydrogen-bond acceptors (Lipinski definition) is 3. The van der Waals surface area contributed by atoms with Crippen molar-refractivity contribution in [1.29, 1.82) is 0 Å². The molecule has 6 heteroatoms. The van der Waals surface area contributed by atoms with Gasteiger partial charge in [0.05, 0.1) is 13.7 Å². The molecule has 7 aromatic rings. The second-order valence-electron chi connectivity index (χ2n) is 11.9. The summed E-state index contributed by atoms with van der Waals surface area (Å²) in [5.41, 5.74) is 7.49. The maximum Gasteiger partial charge on any atom is 0.126 e. The zero-order valence-corrected chi connectivity index (χ0v) is 29.0. The summed E-state index contributed by atoms with van der Waals surface area (Å²) in [5.74, 6) is 0.0614. The molecule has 0 aliphatic heterocycles. The molecular weight excluding hydrogens is 752 g/mol. The summed E-state index contributed by atoms with van der Waals surface area (Å²) in [6.07, 6.45) is 3.83. The summed E-state index contributed by atoms with van der Waals surface area (Å²) in [7, 11) is -1.38. The van der Waals surface area contributed by atoms with E-state index >= 15 is 0 Å². The maximum atomic E-state index is 13.5. The van der Waals surface area contributed by atoms with Crippen LogP contribution in [0.1, 0.15) is 24.0 Å². The van der Waals surface area contributed by atoms with Crippen LogP contribution in [0.3, 0.4) is 0 Å². The molecule has 3 heterocycles. The van der Waals surface area contributed by atoms with Gasteiger partial charge in [0.25, 0.3) is 0 Å². The number of pyridine rings is 2. The van der Waals surface area contributed by atoms with E-state index in [0.717, 1.165) is 33.3 Å². The van der Waals surface area contributed by atoms with E-state index in [1.54, 1.807) is 6.07 Å². The topological polar surface area (TPSA) is 38.9 Å². The summed E-state index contributed by atoms with van der Waals surface area (Å²) in [6, 6.07) is 41.8. The van der Waals surface area contributed by atoms with Gasteiger partial charge in [-0.25, -0.2) is 4.39 Å². The number of benzene rings is 4. The molecule has 0 bridgehead atoms. The van der Waals surface area contributed by atoms with Crippen molar-refractivity contribution in [2.24, 2.45) is 0 Å². The Morgan fingerprint density at radius 2 is 1.53 bits per heavy atom. The fourth-order valence-electron chi connectivity index (χ4n) is 5.24. The Kier molecular flexibility index (Phi) is 9.88. The standard InChI is InChI=1S/C20H17FNOSi.C19H16N.Ir/c1-24(2,3)14-8-10-18(22-12-14)17-6-4-5-16-15-9-7-13(21)11-19(15)23-20(16)17;1-15(16-8-4-2-5-9-16)18-12-13-20-19(14-18)17-10-6-3-7-11-17;/h4-5,7-12H,1-3H3;2-10,12-15H,1H3;/q2*-1;. The Morgan fingerprint density at radius 1 is 0.733 bits per heavy atom. The average Bonchev–Trinajstić information content (AvgIpc) is 3.43. The first kappa shape index (κ1) is 32.2. The molecule has 4 aromatic carbocycles.